The Hall–Kier alpha value is -9.43. The van der Waals surface area contributed by atoms with Gasteiger partial charge in [-0.3, -0.25) is 0 Å². The number of hydrogen-bond acceptors (Lipinski definition) is 2. The molecule has 0 fully saturated rings. The van der Waals surface area contributed by atoms with E-state index in [0.717, 1.165) is 123 Å². The summed E-state index contributed by atoms with van der Waals surface area (Å²) in [6.07, 6.45) is -4.76. The summed E-state index contributed by atoms with van der Waals surface area (Å²) in [5.41, 5.74) is 16.9. The highest BCUT2D eigenvalue weighted by Gasteiger charge is 2.32. The second-order valence-corrected chi connectivity index (χ2v) is 19.3. The van der Waals surface area contributed by atoms with Gasteiger partial charge in [0.15, 0.2) is 0 Å². The normalized spacial score (nSPS) is 11.7. The second-order valence-electron chi connectivity index (χ2n) is 19.3. The topological polar surface area (TPSA) is 57.4 Å². The maximum atomic E-state index is 14.8. The van der Waals surface area contributed by atoms with Crippen LogP contribution in [0.2, 0.25) is 0 Å². The molecule has 0 saturated heterocycles. The second kappa shape index (κ2) is 17.7. The smallest absolute Gasteiger partial charge is 0.307 e. The van der Waals surface area contributed by atoms with Gasteiger partial charge in [-0.25, -0.2) is 0 Å². The molecule has 2 heterocycles. The average molecular weight is 963 g/mol. The third-order valence-electron chi connectivity index (χ3n) is 14.8. The van der Waals surface area contributed by atoms with Crippen LogP contribution in [0.25, 0.3) is 111 Å². The first kappa shape index (κ1) is 45.7. The van der Waals surface area contributed by atoms with Gasteiger partial charge in [0.05, 0.1) is 62.3 Å². The van der Waals surface area contributed by atoms with Crippen molar-refractivity contribution < 1.29 is 13.2 Å². The SMILES string of the molecule is Cc1ccccc1-c1ccc2c3ccc(-c4ccccc4C)cc3n(-c3cc(C#N)c(-c4cc(C#N)cc(C(F)(F)F)c4)cc3-n3c4cc(-c5ccccc5C)ccc4c4ccc(-c5ccccc5C)cc43)c2c1. The minimum Gasteiger partial charge on any atom is -0.307 e. The highest BCUT2D eigenvalue weighted by molar-refractivity contribution is 6.14. The highest BCUT2D eigenvalue weighted by Crippen LogP contribution is 2.45. The van der Waals surface area contributed by atoms with Crippen molar-refractivity contribution in [2.45, 2.75) is 33.9 Å². The van der Waals surface area contributed by atoms with Gasteiger partial charge in [0, 0.05) is 27.1 Å². The third-order valence-corrected chi connectivity index (χ3v) is 14.8. The molecule has 2 aromatic heterocycles. The predicted molar refractivity (Wildman–Crippen MR) is 296 cm³/mol. The molecule has 0 amide bonds. The van der Waals surface area contributed by atoms with E-state index in [4.69, 9.17) is 0 Å². The molecule has 0 unspecified atom stereocenters. The molecule has 0 N–H and O–H groups in total. The van der Waals surface area contributed by atoms with E-state index in [1.165, 1.54) is 6.07 Å². The van der Waals surface area contributed by atoms with Crippen LogP contribution in [0.3, 0.4) is 0 Å². The van der Waals surface area contributed by atoms with Crippen LogP contribution in [0, 0.1) is 50.4 Å². The molecule has 0 aliphatic carbocycles. The molecule has 0 radical (unpaired) electrons. The Balaban J connectivity index is 1.28. The molecular formula is C67H45F3N4. The zero-order valence-electron chi connectivity index (χ0n) is 41.0. The van der Waals surface area contributed by atoms with Crippen LogP contribution < -0.4 is 0 Å². The standard InChI is InChI=1S/C67H45F3N4/c1-40-13-5-9-17-52(40)45-21-25-56-57-26-22-46(53-18-10-6-14-41(53)2)33-62(57)73(61(56)32-45)65-36-50(39-72)60(49-29-44(38-71)30-51(31-49)67(68,69)70)37-66(65)74-63-34-47(54-19-11-7-15-42(54)3)23-27-58(63)59-28-24-48(35-64(59)74)55-20-12-8-16-43(55)4/h5-37H,1-4H3. The van der Waals surface area contributed by atoms with E-state index in [-0.39, 0.29) is 22.3 Å². The van der Waals surface area contributed by atoms with Crippen molar-refractivity contribution in [3.63, 3.8) is 0 Å². The third kappa shape index (κ3) is 7.61. The first-order valence-corrected chi connectivity index (χ1v) is 24.5. The van der Waals surface area contributed by atoms with Gasteiger partial charge in [-0.15, -0.1) is 0 Å². The van der Waals surface area contributed by atoms with Gasteiger partial charge in [-0.05, 0) is 155 Å². The van der Waals surface area contributed by atoms with Crippen molar-refractivity contribution in [2.75, 3.05) is 0 Å². The first-order chi connectivity index (χ1) is 35.9. The minimum atomic E-state index is -4.76. The van der Waals surface area contributed by atoms with E-state index in [1.807, 2.05) is 66.7 Å². The van der Waals surface area contributed by atoms with Crippen LogP contribution in [0.4, 0.5) is 13.2 Å². The fourth-order valence-corrected chi connectivity index (χ4v) is 11.1. The Morgan fingerprint density at radius 1 is 0.351 bits per heavy atom. The number of nitrogens with zero attached hydrogens (tertiary/aromatic N) is 4. The van der Waals surface area contributed by atoms with Crippen molar-refractivity contribution in [2.24, 2.45) is 0 Å². The maximum absolute atomic E-state index is 14.8. The number of halogens is 3. The monoisotopic (exact) mass is 962 g/mol. The molecule has 12 rings (SSSR count). The Morgan fingerprint density at radius 2 is 0.703 bits per heavy atom. The number of aromatic nitrogens is 2. The van der Waals surface area contributed by atoms with E-state index in [1.54, 1.807) is 0 Å². The molecule has 10 aromatic carbocycles. The lowest BCUT2D eigenvalue weighted by molar-refractivity contribution is -0.137. The number of alkyl halides is 3. The lowest BCUT2D eigenvalue weighted by Crippen LogP contribution is -2.07. The van der Waals surface area contributed by atoms with Gasteiger partial charge in [0.25, 0.3) is 0 Å². The number of nitriles is 2. The molecule has 4 nitrogen and oxygen atoms in total. The molecular weight excluding hydrogens is 918 g/mol. The molecule has 354 valence electrons. The number of aryl methyl sites for hydroxylation is 4. The van der Waals surface area contributed by atoms with Gasteiger partial charge in [-0.2, -0.15) is 23.7 Å². The highest BCUT2D eigenvalue weighted by atomic mass is 19.4. The summed E-state index contributed by atoms with van der Waals surface area (Å²) in [5, 5.41) is 25.4. The lowest BCUT2D eigenvalue weighted by Gasteiger charge is -2.21. The van der Waals surface area contributed by atoms with Crippen molar-refractivity contribution in [1.82, 2.24) is 9.13 Å². The van der Waals surface area contributed by atoms with E-state index in [9.17, 15) is 23.7 Å². The average Bonchev–Trinajstić information content (AvgIpc) is 3.91. The lowest BCUT2D eigenvalue weighted by atomic mass is 9.94. The van der Waals surface area contributed by atoms with E-state index >= 15 is 0 Å². The van der Waals surface area contributed by atoms with Crippen LogP contribution >= 0.6 is 0 Å². The summed E-state index contributed by atoms with van der Waals surface area (Å²) >= 11 is 0. The molecule has 7 heteroatoms. The van der Waals surface area contributed by atoms with Crippen molar-refractivity contribution in [1.29, 1.82) is 10.5 Å². The molecule has 0 saturated carbocycles. The van der Waals surface area contributed by atoms with Gasteiger partial charge < -0.3 is 9.13 Å². The summed E-state index contributed by atoms with van der Waals surface area (Å²) in [6.45, 7) is 8.39. The van der Waals surface area contributed by atoms with E-state index in [2.05, 4.69) is 164 Å². The van der Waals surface area contributed by atoms with Gasteiger partial charge >= 0.3 is 6.18 Å². The Morgan fingerprint density at radius 3 is 1.03 bits per heavy atom. The van der Waals surface area contributed by atoms with Gasteiger partial charge in [0.1, 0.15) is 0 Å². The van der Waals surface area contributed by atoms with Crippen LogP contribution in [0.5, 0.6) is 0 Å². The Kier molecular flexibility index (Phi) is 10.9. The van der Waals surface area contributed by atoms with Crippen LogP contribution in [-0.4, -0.2) is 9.13 Å². The zero-order valence-corrected chi connectivity index (χ0v) is 41.0. The minimum absolute atomic E-state index is 0.105. The predicted octanol–water partition coefficient (Wildman–Crippen LogP) is 18.2. The molecule has 74 heavy (non-hydrogen) atoms. The van der Waals surface area contributed by atoms with Crippen LogP contribution in [0.15, 0.2) is 200 Å². The Labute approximate surface area is 426 Å². The summed E-state index contributed by atoms with van der Waals surface area (Å²) in [4.78, 5) is 0. The summed E-state index contributed by atoms with van der Waals surface area (Å²) in [5.74, 6) is 0. The number of fused-ring (bicyclic) bond motifs is 6. The molecule has 0 atom stereocenters. The number of hydrogen-bond donors (Lipinski definition) is 0. The fraction of sp³-hybridized carbons (Fsp3) is 0.0746. The van der Waals surface area contributed by atoms with E-state index < -0.39 is 11.7 Å². The quantitative estimate of drug-likeness (QED) is 0.160. The van der Waals surface area contributed by atoms with Crippen molar-refractivity contribution >= 4 is 43.6 Å². The summed E-state index contributed by atoms with van der Waals surface area (Å²) in [6, 6.07) is 70.6. The number of rotatable bonds is 7. The molecule has 0 bridgehead atoms. The summed E-state index contributed by atoms with van der Waals surface area (Å²) in [7, 11) is 0. The van der Waals surface area contributed by atoms with Crippen molar-refractivity contribution in [3.8, 4) is 79.1 Å². The summed E-state index contributed by atoms with van der Waals surface area (Å²) < 4.78 is 48.8. The van der Waals surface area contributed by atoms with Crippen molar-refractivity contribution in [3.05, 3.63) is 239 Å². The fourth-order valence-electron chi connectivity index (χ4n) is 11.1. The van der Waals surface area contributed by atoms with E-state index in [0.29, 0.717) is 11.4 Å². The van der Waals surface area contributed by atoms with Gasteiger partial charge in [0.2, 0.25) is 0 Å². The molecule has 0 spiro atoms. The first-order valence-electron chi connectivity index (χ1n) is 24.5. The zero-order chi connectivity index (χ0) is 51.0. The van der Waals surface area contributed by atoms with Gasteiger partial charge in [-0.1, -0.05) is 146 Å². The molecule has 0 aliphatic heterocycles. The largest absolute Gasteiger partial charge is 0.416 e. The maximum Gasteiger partial charge on any atom is 0.416 e. The number of benzene rings is 10. The molecule has 0 aliphatic rings. The Bertz CT molecular complexity index is 4180. The van der Waals surface area contributed by atoms with Crippen LogP contribution in [0.1, 0.15) is 38.9 Å². The molecule has 12 aromatic rings. The van der Waals surface area contributed by atoms with Crippen LogP contribution in [-0.2, 0) is 6.18 Å².